The standard InChI is InChI=1S/C73H91N11O14/c1-73(2,3)98-71(94)56(34-20-38-82(45-64(87)97-48-54-31-17-8-18-32-54)72(74)77-44-63(86)96-47-53-29-15-7-16-30-53)79-66(89)58(42-51-25-11-5-12-26-51)80-68(91)61-36-22-40-84(61)70(93)59(49-95-46-52-27-13-6-14-28-52)81-65(88)57(41-50-23-9-4-10-24-50)78-62(85)43-76-67(90)60-35-21-39-83(60)69(92)55-33-19-37-75-55/h4-18,23-32,55-61,75H,19-22,33-49H2,1-3H3,(H2,74,77)(H,76,90)(H,78,85)(H,79,89)(H,80,91)(H,81,88)/t55-,56?,57-,58-,59-,60-,61-/m0/s1. The predicted molar refractivity (Wildman–Crippen MR) is 362 cm³/mol. The van der Waals surface area contributed by atoms with Crippen molar-refractivity contribution in [2.45, 2.75) is 153 Å². The normalized spacial score (nSPS) is 17.0. The van der Waals surface area contributed by atoms with E-state index in [1.54, 1.807) is 123 Å². The Balaban J connectivity index is 0.962. The summed E-state index contributed by atoms with van der Waals surface area (Å²) in [6.07, 6.45) is 3.01. The van der Waals surface area contributed by atoms with E-state index in [4.69, 9.17) is 24.4 Å². The number of nitrogens with one attached hydrogen (secondary N) is 8. The summed E-state index contributed by atoms with van der Waals surface area (Å²) in [5, 5.41) is 28.8. The molecule has 1 unspecified atom stereocenters. The summed E-state index contributed by atoms with van der Waals surface area (Å²) in [6.45, 7) is 4.45. The molecule has 3 fully saturated rings. The van der Waals surface area contributed by atoms with Gasteiger partial charge in [0.15, 0.2) is 5.96 Å². The number of hydrogen-bond donors (Lipinski definition) is 8. The Hall–Kier alpha value is -10.0. The van der Waals surface area contributed by atoms with E-state index in [9.17, 15) is 43.2 Å². The first kappa shape index (κ1) is 73.8. The van der Waals surface area contributed by atoms with Crippen molar-refractivity contribution in [3.8, 4) is 0 Å². The highest BCUT2D eigenvalue weighted by molar-refractivity contribution is 5.98. The van der Waals surface area contributed by atoms with Crippen molar-refractivity contribution in [2.75, 3.05) is 52.4 Å². The highest BCUT2D eigenvalue weighted by Gasteiger charge is 2.42. The van der Waals surface area contributed by atoms with Crippen molar-refractivity contribution in [3.63, 3.8) is 0 Å². The number of hydrogen-bond acceptors (Lipinski definition) is 16. The number of rotatable bonds is 33. The number of amides is 7. The van der Waals surface area contributed by atoms with E-state index in [1.807, 2.05) is 54.6 Å². The number of esters is 3. The fourth-order valence-electron chi connectivity index (χ4n) is 11.8. The molecule has 5 aromatic carbocycles. The zero-order valence-corrected chi connectivity index (χ0v) is 55.9. The molecular weight excluding hydrogens is 1250 g/mol. The van der Waals surface area contributed by atoms with Crippen LogP contribution in [0.1, 0.15) is 100.0 Å². The molecule has 7 amide bonds. The van der Waals surface area contributed by atoms with Crippen molar-refractivity contribution in [2.24, 2.45) is 0 Å². The van der Waals surface area contributed by atoms with Gasteiger partial charge in [-0.3, -0.25) is 48.6 Å². The van der Waals surface area contributed by atoms with Crippen LogP contribution in [0.2, 0.25) is 0 Å². The molecule has 0 spiro atoms. The molecule has 0 saturated carbocycles. The molecule has 522 valence electrons. The van der Waals surface area contributed by atoms with Gasteiger partial charge < -0.3 is 70.9 Å². The van der Waals surface area contributed by atoms with Crippen LogP contribution in [0.5, 0.6) is 0 Å². The molecule has 0 bridgehead atoms. The average Bonchev–Trinajstić information content (AvgIpc) is 1.77. The van der Waals surface area contributed by atoms with Crippen LogP contribution in [0.4, 0.5) is 0 Å². The molecular formula is C73H91N11O14. The first-order valence-corrected chi connectivity index (χ1v) is 33.5. The monoisotopic (exact) mass is 1350 g/mol. The maximum Gasteiger partial charge on any atom is 0.329 e. The lowest BCUT2D eigenvalue weighted by atomic mass is 10.0. The van der Waals surface area contributed by atoms with E-state index in [0.29, 0.717) is 49.9 Å². The largest absolute Gasteiger partial charge is 0.460 e. The Morgan fingerprint density at radius 3 is 1.59 bits per heavy atom. The lowest BCUT2D eigenvalue weighted by Crippen LogP contribution is -2.60. The third-order valence-electron chi connectivity index (χ3n) is 16.8. The van der Waals surface area contributed by atoms with Crippen LogP contribution in [0.25, 0.3) is 0 Å². The maximum atomic E-state index is 15.1. The van der Waals surface area contributed by atoms with Crippen LogP contribution in [0.15, 0.2) is 152 Å². The minimum atomic E-state index is -1.41. The average molecular weight is 1350 g/mol. The lowest BCUT2D eigenvalue weighted by molar-refractivity contribution is -0.159. The second-order valence-corrected chi connectivity index (χ2v) is 25.5. The first-order chi connectivity index (χ1) is 47.3. The van der Waals surface area contributed by atoms with Gasteiger partial charge in [0, 0.05) is 32.5 Å². The van der Waals surface area contributed by atoms with Crippen molar-refractivity contribution < 1.29 is 66.9 Å². The Bertz CT molecular complexity index is 3470. The topological polar surface area (TPSA) is 325 Å². The van der Waals surface area contributed by atoms with Gasteiger partial charge in [0.05, 0.1) is 25.8 Å². The van der Waals surface area contributed by atoms with Gasteiger partial charge in [-0.15, -0.1) is 0 Å². The SMILES string of the molecule is CC(C)(C)OC(=O)C(CCCN(CC(=O)OCc1ccccc1)C(=N)NCC(=O)OCc1ccccc1)NC(=O)[C@H](Cc1ccccc1)NC(=O)[C@@H]1CCCN1C(=O)[C@H](COCc1ccccc1)NC(=O)[C@H](Cc1ccccc1)NC(=O)CNC(=O)[C@@H]1CCCN1C(=O)[C@@H]1CCCN1. The minimum absolute atomic E-state index is 0.00302. The first-order valence-electron chi connectivity index (χ1n) is 33.5. The summed E-state index contributed by atoms with van der Waals surface area (Å²) < 4.78 is 22.9. The molecule has 5 aromatic rings. The highest BCUT2D eigenvalue weighted by atomic mass is 16.6. The Morgan fingerprint density at radius 1 is 0.551 bits per heavy atom. The van der Waals surface area contributed by atoms with Crippen LogP contribution >= 0.6 is 0 Å². The number of likely N-dealkylation sites (tertiary alicyclic amines) is 2. The van der Waals surface area contributed by atoms with E-state index in [-0.39, 0.29) is 89.5 Å². The predicted octanol–water partition coefficient (Wildman–Crippen LogP) is 3.91. The van der Waals surface area contributed by atoms with Crippen LogP contribution in [0, 0.1) is 5.41 Å². The second-order valence-electron chi connectivity index (χ2n) is 25.5. The molecule has 8 rings (SSSR count). The smallest absolute Gasteiger partial charge is 0.329 e. The Kier molecular flexibility index (Phi) is 28.2. The molecule has 7 atom stereocenters. The fraction of sp³-hybridized carbons (Fsp3) is 0.438. The molecule has 25 heteroatoms. The third kappa shape index (κ3) is 23.7. The molecule has 25 nitrogen and oxygen atoms in total. The van der Waals surface area contributed by atoms with Crippen molar-refractivity contribution in [1.29, 1.82) is 5.41 Å². The Morgan fingerprint density at radius 2 is 1.05 bits per heavy atom. The van der Waals surface area contributed by atoms with Crippen LogP contribution in [-0.4, -0.2) is 180 Å². The third-order valence-corrected chi connectivity index (χ3v) is 16.8. The molecule has 0 radical (unpaired) electrons. The number of carbonyl (C=O) groups excluding carboxylic acids is 10. The fourth-order valence-corrected chi connectivity index (χ4v) is 11.8. The number of ether oxygens (including phenoxy) is 4. The summed E-state index contributed by atoms with van der Waals surface area (Å²) in [5.41, 5.74) is 2.58. The minimum Gasteiger partial charge on any atom is -0.460 e. The second kappa shape index (κ2) is 37.5. The zero-order chi connectivity index (χ0) is 69.8. The van der Waals surface area contributed by atoms with Gasteiger partial charge in [-0.1, -0.05) is 152 Å². The molecule has 8 N–H and O–H groups in total. The lowest BCUT2D eigenvalue weighted by Gasteiger charge is -2.31. The van der Waals surface area contributed by atoms with E-state index < -0.39 is 115 Å². The van der Waals surface area contributed by atoms with Crippen molar-refractivity contribution in [3.05, 3.63) is 179 Å². The summed E-state index contributed by atoms with van der Waals surface area (Å²) in [6, 6.07) is 37.3. The van der Waals surface area contributed by atoms with E-state index in [1.165, 1.54) is 9.80 Å². The van der Waals surface area contributed by atoms with Gasteiger partial charge in [-0.2, -0.15) is 0 Å². The van der Waals surface area contributed by atoms with Gasteiger partial charge >= 0.3 is 17.9 Å². The molecule has 3 aliphatic rings. The molecule has 3 saturated heterocycles. The van der Waals surface area contributed by atoms with E-state index in [2.05, 4.69) is 37.2 Å². The van der Waals surface area contributed by atoms with Gasteiger partial charge in [-0.05, 0) is 106 Å². The number of carbonyl (C=O) groups is 10. The molecule has 0 aromatic heterocycles. The summed E-state index contributed by atoms with van der Waals surface area (Å²) >= 11 is 0. The molecule has 98 heavy (non-hydrogen) atoms. The van der Waals surface area contributed by atoms with Gasteiger partial charge in [0.2, 0.25) is 41.4 Å². The summed E-state index contributed by atoms with van der Waals surface area (Å²) in [7, 11) is 0. The molecule has 0 aliphatic carbocycles. The quantitative estimate of drug-likeness (QED) is 0.0128. The zero-order valence-electron chi connectivity index (χ0n) is 55.9. The summed E-state index contributed by atoms with van der Waals surface area (Å²) in [5.74, 6) is -6.70. The van der Waals surface area contributed by atoms with Crippen LogP contribution in [0.3, 0.4) is 0 Å². The number of guanidine groups is 1. The molecule has 3 heterocycles. The van der Waals surface area contributed by atoms with Gasteiger partial charge in [0.1, 0.15) is 68.2 Å². The number of benzene rings is 5. The van der Waals surface area contributed by atoms with Gasteiger partial charge in [0.25, 0.3) is 0 Å². The Labute approximate surface area is 571 Å². The molecule has 3 aliphatic heterocycles. The van der Waals surface area contributed by atoms with Crippen LogP contribution < -0.4 is 37.2 Å². The maximum absolute atomic E-state index is 15.1. The van der Waals surface area contributed by atoms with Crippen molar-refractivity contribution in [1.82, 2.24) is 51.9 Å². The number of nitrogens with zero attached hydrogens (tertiary/aromatic N) is 3. The van der Waals surface area contributed by atoms with Crippen molar-refractivity contribution >= 4 is 65.2 Å². The van der Waals surface area contributed by atoms with E-state index in [0.717, 1.165) is 23.1 Å². The van der Waals surface area contributed by atoms with Crippen LogP contribution in [-0.2, 0) is 99.6 Å². The van der Waals surface area contributed by atoms with Gasteiger partial charge in [-0.25, -0.2) is 4.79 Å². The highest BCUT2D eigenvalue weighted by Crippen LogP contribution is 2.23. The van der Waals surface area contributed by atoms with E-state index >= 15 is 4.79 Å². The summed E-state index contributed by atoms with van der Waals surface area (Å²) in [4.78, 5) is 145.